The summed E-state index contributed by atoms with van der Waals surface area (Å²) in [6, 6.07) is 0. The molecule has 0 saturated heterocycles. The summed E-state index contributed by atoms with van der Waals surface area (Å²) in [5.74, 6) is -1.55. The minimum atomic E-state index is -4.93. The van der Waals surface area contributed by atoms with Gasteiger partial charge >= 0.3 is 33.6 Å². The van der Waals surface area contributed by atoms with Gasteiger partial charge in [-0.2, -0.15) is 0 Å². The number of carbonyl (C=O) groups excluding carboxylic acids is 3. The van der Waals surface area contributed by atoms with E-state index in [0.29, 0.717) is 19.3 Å². The maximum atomic E-state index is 13.0. The highest BCUT2D eigenvalue weighted by Gasteiger charge is 2.29. The molecule has 0 bridgehead atoms. The fourth-order valence-electron chi connectivity index (χ4n) is 12.5. The molecule has 0 fully saturated rings. The quantitative estimate of drug-likeness (QED) is 0.0146. The Morgan fingerprint density at radius 1 is 0.257 bits per heavy atom. The standard InChI is InChI=1S/C91H164O16P2/c1-4-7-10-13-16-19-22-25-28-30-32-34-36-38-40-41-42-43-45-47-48-50-52-54-57-59-62-65-68-71-74-77-89(94)101-80-86(92)81-103-108(97,98)104-82-87(93)83-105-109(99,100)106-85-88(107-91(96)79-76-73-70-67-64-61-56-27-24-21-18-15-12-9-6-3)84-102-90(95)78-75-72-69-66-63-60-58-55-53-51-49-46-44-39-37-35-33-31-29-26-23-20-17-14-11-8-5-2/h16-17,19-20,25-26,28-29,32-35,38-40,44,86-88,92-93H,4-15,18,21-24,27,30-31,36-37,41-43,45-85H2,1-3H3,(H,97,98)(H,99,100)/b19-16-,20-17-,28-25-,29-26-,34-32-,35-33-,40-38-,44-39-. The highest BCUT2D eigenvalue weighted by molar-refractivity contribution is 7.47. The normalized spacial score (nSPS) is 14.3. The van der Waals surface area contributed by atoms with E-state index in [9.17, 15) is 43.5 Å². The van der Waals surface area contributed by atoms with E-state index >= 15 is 0 Å². The van der Waals surface area contributed by atoms with Crippen LogP contribution in [0, 0.1) is 0 Å². The number of allylic oxidation sites excluding steroid dienone is 16. The zero-order chi connectivity index (χ0) is 79.4. The molecule has 0 aliphatic rings. The minimum Gasteiger partial charge on any atom is -0.463 e. The summed E-state index contributed by atoms with van der Waals surface area (Å²) in [5.41, 5.74) is 0. The van der Waals surface area contributed by atoms with Crippen molar-refractivity contribution in [3.63, 3.8) is 0 Å². The molecule has 0 aliphatic carbocycles. The Bertz CT molecular complexity index is 2370. The molecule has 5 unspecified atom stereocenters. The van der Waals surface area contributed by atoms with Crippen molar-refractivity contribution in [1.82, 2.24) is 0 Å². The molecule has 0 saturated carbocycles. The zero-order valence-electron chi connectivity index (χ0n) is 69.7. The van der Waals surface area contributed by atoms with Gasteiger partial charge in [-0.15, -0.1) is 0 Å². The first kappa shape index (κ1) is 105. The second-order valence-electron chi connectivity index (χ2n) is 30.1. The monoisotopic (exact) mass is 1580 g/mol. The van der Waals surface area contributed by atoms with E-state index in [0.717, 1.165) is 116 Å². The van der Waals surface area contributed by atoms with Gasteiger partial charge in [0.15, 0.2) is 6.10 Å². The third-order valence-electron chi connectivity index (χ3n) is 19.3. The number of unbranched alkanes of at least 4 members (excludes halogenated alkanes) is 46. The molecule has 634 valence electrons. The lowest BCUT2D eigenvalue weighted by Crippen LogP contribution is -2.30. The smallest absolute Gasteiger partial charge is 0.463 e. The second-order valence-corrected chi connectivity index (χ2v) is 33.0. The Morgan fingerprint density at radius 3 is 0.743 bits per heavy atom. The predicted molar refractivity (Wildman–Crippen MR) is 454 cm³/mol. The average molecular weight is 1580 g/mol. The van der Waals surface area contributed by atoms with Crippen molar-refractivity contribution in [3.8, 4) is 0 Å². The lowest BCUT2D eigenvalue weighted by Gasteiger charge is -2.21. The summed E-state index contributed by atoms with van der Waals surface area (Å²) < 4.78 is 61.4. The van der Waals surface area contributed by atoms with Gasteiger partial charge in [-0.3, -0.25) is 32.5 Å². The van der Waals surface area contributed by atoms with Gasteiger partial charge in [-0.05, 0) is 109 Å². The molecule has 16 nitrogen and oxygen atoms in total. The van der Waals surface area contributed by atoms with E-state index in [4.69, 9.17) is 32.3 Å². The summed E-state index contributed by atoms with van der Waals surface area (Å²) in [7, 11) is -9.79. The van der Waals surface area contributed by atoms with Crippen LogP contribution in [0.3, 0.4) is 0 Å². The van der Waals surface area contributed by atoms with Crippen LogP contribution in [-0.2, 0) is 55.8 Å². The Balaban J connectivity index is 4.47. The summed E-state index contributed by atoms with van der Waals surface area (Å²) in [6.45, 7) is 2.70. The number of aliphatic hydroxyl groups is 2. The van der Waals surface area contributed by atoms with Crippen LogP contribution in [0.15, 0.2) is 97.2 Å². The van der Waals surface area contributed by atoms with E-state index in [-0.39, 0.29) is 19.3 Å². The fraction of sp³-hybridized carbons (Fsp3) is 0.791. The first-order chi connectivity index (χ1) is 53.2. The molecule has 5 atom stereocenters. The largest absolute Gasteiger partial charge is 0.472 e. The van der Waals surface area contributed by atoms with Gasteiger partial charge in [0.25, 0.3) is 0 Å². The van der Waals surface area contributed by atoms with Gasteiger partial charge in [0.05, 0.1) is 26.4 Å². The molecule has 4 N–H and O–H groups in total. The average Bonchev–Trinajstić information content (AvgIpc) is 0.940. The molecule has 0 aromatic rings. The molecule has 18 heteroatoms. The van der Waals surface area contributed by atoms with Gasteiger partial charge in [0.1, 0.15) is 25.4 Å². The van der Waals surface area contributed by atoms with Crippen LogP contribution in [0.2, 0.25) is 0 Å². The number of ether oxygens (including phenoxy) is 3. The summed E-state index contributed by atoms with van der Waals surface area (Å²) >= 11 is 0. The van der Waals surface area contributed by atoms with Crippen LogP contribution in [-0.4, -0.2) is 95.9 Å². The van der Waals surface area contributed by atoms with E-state index < -0.39 is 91.5 Å². The van der Waals surface area contributed by atoms with Gasteiger partial charge in [-0.25, -0.2) is 9.13 Å². The topological polar surface area (TPSA) is 231 Å². The molecule has 0 spiro atoms. The van der Waals surface area contributed by atoms with Crippen LogP contribution >= 0.6 is 15.6 Å². The lowest BCUT2D eigenvalue weighted by atomic mass is 10.0. The predicted octanol–water partition coefficient (Wildman–Crippen LogP) is 26.9. The summed E-state index contributed by atoms with van der Waals surface area (Å²) in [6.07, 6.45) is 98.8. The first-order valence-electron chi connectivity index (χ1n) is 44.5. The molecule has 109 heavy (non-hydrogen) atoms. The van der Waals surface area contributed by atoms with Crippen LogP contribution in [0.5, 0.6) is 0 Å². The number of phosphoric acid groups is 2. The van der Waals surface area contributed by atoms with Gasteiger partial charge in [-0.1, -0.05) is 375 Å². The summed E-state index contributed by atoms with van der Waals surface area (Å²) in [5, 5.41) is 20.7. The number of esters is 3. The van der Waals surface area contributed by atoms with E-state index in [2.05, 4.69) is 118 Å². The van der Waals surface area contributed by atoms with Crippen molar-refractivity contribution >= 4 is 33.6 Å². The Morgan fingerprint density at radius 2 is 0.459 bits per heavy atom. The molecular formula is C91H164O16P2. The first-order valence-corrected chi connectivity index (χ1v) is 47.5. The molecule has 0 amide bonds. The molecule has 0 aliphatic heterocycles. The Hall–Kier alpha value is -3.53. The van der Waals surface area contributed by atoms with Crippen molar-refractivity contribution in [1.29, 1.82) is 0 Å². The number of hydrogen-bond acceptors (Lipinski definition) is 14. The van der Waals surface area contributed by atoms with Crippen molar-refractivity contribution in [2.24, 2.45) is 0 Å². The minimum absolute atomic E-state index is 0.109. The SMILES string of the molecule is CCCCC/C=C\C/C=C\C/C=C\C/C=C\CCCCCCCCCCCCCCCCCC(=O)OCC(O)COP(=O)(O)OCC(O)COP(=O)(O)OCC(COC(=O)CCCCCCCCCCCCC/C=C\C/C=C\C/C=C\C/C=C\CCCCC)OC(=O)CCCCCCCCCCCCCCCCC. The highest BCUT2D eigenvalue weighted by atomic mass is 31.2. The maximum Gasteiger partial charge on any atom is 0.472 e. The van der Waals surface area contributed by atoms with E-state index in [1.54, 1.807) is 0 Å². The Labute approximate surface area is 667 Å². The molecular weight excluding hydrogens is 1410 g/mol. The number of rotatable bonds is 85. The van der Waals surface area contributed by atoms with Gasteiger partial charge < -0.3 is 34.2 Å². The number of hydrogen-bond donors (Lipinski definition) is 4. The fourth-order valence-corrected chi connectivity index (χ4v) is 14.1. The van der Waals surface area contributed by atoms with Crippen LogP contribution in [0.25, 0.3) is 0 Å². The van der Waals surface area contributed by atoms with Crippen LogP contribution in [0.4, 0.5) is 0 Å². The van der Waals surface area contributed by atoms with Crippen molar-refractivity contribution < 1.29 is 75.8 Å². The van der Waals surface area contributed by atoms with Gasteiger partial charge in [0.2, 0.25) is 0 Å². The lowest BCUT2D eigenvalue weighted by molar-refractivity contribution is -0.161. The van der Waals surface area contributed by atoms with Crippen molar-refractivity contribution in [2.45, 2.75) is 424 Å². The third-order valence-corrected chi connectivity index (χ3v) is 21.2. The number of carbonyl (C=O) groups is 3. The Kier molecular flexibility index (Phi) is 81.2. The number of phosphoric ester groups is 2. The molecule has 0 rings (SSSR count). The zero-order valence-corrected chi connectivity index (χ0v) is 71.5. The molecule has 0 radical (unpaired) electrons. The molecule has 0 aromatic heterocycles. The second kappa shape index (κ2) is 83.9. The van der Waals surface area contributed by atoms with E-state index in [1.807, 2.05) is 0 Å². The summed E-state index contributed by atoms with van der Waals surface area (Å²) in [4.78, 5) is 58.8. The molecule has 0 aromatic carbocycles. The molecule has 0 heterocycles. The van der Waals surface area contributed by atoms with Crippen LogP contribution < -0.4 is 0 Å². The highest BCUT2D eigenvalue weighted by Crippen LogP contribution is 2.45. The van der Waals surface area contributed by atoms with Gasteiger partial charge in [0, 0.05) is 19.3 Å². The van der Waals surface area contributed by atoms with Crippen LogP contribution in [0.1, 0.15) is 406 Å². The number of aliphatic hydroxyl groups excluding tert-OH is 2. The maximum absolute atomic E-state index is 13.0. The third kappa shape index (κ3) is 85.2. The van der Waals surface area contributed by atoms with Crippen molar-refractivity contribution in [2.75, 3.05) is 39.6 Å². The van der Waals surface area contributed by atoms with E-state index in [1.165, 1.54) is 231 Å². The van der Waals surface area contributed by atoms with Crippen molar-refractivity contribution in [3.05, 3.63) is 97.2 Å².